The zero-order chi connectivity index (χ0) is 27.6. The average molecular weight is 743 g/mol. The van der Waals surface area contributed by atoms with Crippen LogP contribution in [0.5, 0.6) is 0 Å². The fourth-order valence-corrected chi connectivity index (χ4v) is 12.1. The van der Waals surface area contributed by atoms with Crippen molar-refractivity contribution in [1.29, 1.82) is 0 Å². The third-order valence-electron chi connectivity index (χ3n) is 6.45. The number of benzene rings is 3. The molecule has 5 aromatic rings. The van der Waals surface area contributed by atoms with Crippen LogP contribution >= 0.6 is 53.7 Å². The normalized spacial score (nSPS) is 11.5. The van der Waals surface area contributed by atoms with Gasteiger partial charge in [0.25, 0.3) is 0 Å². The summed E-state index contributed by atoms with van der Waals surface area (Å²) in [6, 6.07) is 38.1. The van der Waals surface area contributed by atoms with Crippen LogP contribution in [0.4, 0.5) is 0 Å². The topological polar surface area (TPSA) is 59.9 Å². The zero-order valence-corrected chi connectivity index (χ0v) is 27.3. The molecule has 5 rings (SSSR count). The molecule has 8 heteroatoms. The van der Waals surface area contributed by atoms with E-state index < -0.39 is 5.31 Å². The fourth-order valence-electron chi connectivity index (χ4n) is 4.45. The summed E-state index contributed by atoms with van der Waals surface area (Å²) in [6.07, 6.45) is 6.91. The van der Waals surface area contributed by atoms with Gasteiger partial charge in [-0.25, -0.2) is 0 Å². The van der Waals surface area contributed by atoms with E-state index in [0.717, 1.165) is 15.9 Å². The average Bonchev–Trinajstić information content (AvgIpc) is 3.03. The number of alkyl halides is 1. The SMILES string of the molecule is Br.O=C(CBr)c1ccncc1.O=C(CP(Br)(c1ccccc1)(c1ccccc1)c1ccccc1)c1ccncc1. The maximum absolute atomic E-state index is 13.6. The molecule has 0 atom stereocenters. The van der Waals surface area contributed by atoms with Crippen molar-refractivity contribution in [3.05, 3.63) is 151 Å². The molecule has 0 aliphatic rings. The van der Waals surface area contributed by atoms with Gasteiger partial charge in [-0.05, 0) is 12.1 Å². The summed E-state index contributed by atoms with van der Waals surface area (Å²) in [5.74, 6) is 0.181. The molecule has 0 aliphatic heterocycles. The van der Waals surface area contributed by atoms with Gasteiger partial charge >= 0.3 is 180 Å². The Morgan fingerprint density at radius 3 is 1.20 bits per heavy atom. The van der Waals surface area contributed by atoms with Gasteiger partial charge in [-0.15, -0.1) is 17.0 Å². The van der Waals surface area contributed by atoms with Crippen molar-refractivity contribution in [3.8, 4) is 0 Å². The van der Waals surface area contributed by atoms with Crippen molar-refractivity contribution in [3.63, 3.8) is 0 Å². The Kier molecular flexibility index (Phi) is 11.6. The number of hydrogen-bond donors (Lipinski definition) is 0. The number of nitrogens with zero attached hydrogens (tertiary/aromatic N) is 2. The summed E-state index contributed by atoms with van der Waals surface area (Å²) >= 11 is 7.39. The first-order valence-electron chi connectivity index (χ1n) is 12.3. The third kappa shape index (κ3) is 6.90. The predicted octanol–water partition coefficient (Wildman–Crippen LogP) is 7.34. The second-order valence-corrected chi connectivity index (χ2v) is 18.3. The Morgan fingerprint density at radius 2 is 0.875 bits per heavy atom. The molecular formula is C32H28Br3N2O2P. The molecule has 0 saturated carbocycles. The van der Waals surface area contributed by atoms with Gasteiger partial charge in [0, 0.05) is 18.0 Å². The Hall–Kier alpha value is -2.83. The van der Waals surface area contributed by atoms with Gasteiger partial charge in [0.05, 0.1) is 5.33 Å². The van der Waals surface area contributed by atoms with Crippen LogP contribution in [-0.2, 0) is 0 Å². The summed E-state index contributed by atoms with van der Waals surface area (Å²) in [6.45, 7) is 0. The van der Waals surface area contributed by atoms with Gasteiger partial charge in [-0.1, -0.05) is 15.9 Å². The Morgan fingerprint density at radius 1 is 0.550 bits per heavy atom. The maximum atomic E-state index is 13.6. The van der Waals surface area contributed by atoms with Gasteiger partial charge in [-0.2, -0.15) is 0 Å². The summed E-state index contributed by atoms with van der Waals surface area (Å²) in [5, 5.41) is 0.540. The summed E-state index contributed by atoms with van der Waals surface area (Å²) in [5.41, 5.74) is 1.38. The molecule has 0 radical (unpaired) electrons. The van der Waals surface area contributed by atoms with Crippen molar-refractivity contribution in [2.45, 2.75) is 0 Å². The number of Topliss-reactive ketones (excluding diaryl/α,β-unsaturated/α-hetero) is 2. The molecule has 204 valence electrons. The molecule has 0 saturated heterocycles. The first-order valence-corrected chi connectivity index (χ1v) is 17.9. The van der Waals surface area contributed by atoms with E-state index in [4.69, 9.17) is 0 Å². The van der Waals surface area contributed by atoms with E-state index >= 15 is 0 Å². The number of halogens is 3. The van der Waals surface area contributed by atoms with Crippen molar-refractivity contribution in [2.24, 2.45) is 0 Å². The van der Waals surface area contributed by atoms with E-state index in [-0.39, 0.29) is 28.5 Å². The second kappa shape index (κ2) is 14.7. The number of carbonyl (C=O) groups is 2. The second-order valence-electron chi connectivity index (χ2n) is 8.80. The molecule has 0 amide bonds. The number of aromatic nitrogens is 2. The number of ketones is 2. The molecule has 2 aromatic heterocycles. The Bertz CT molecular complexity index is 1410. The standard InChI is InChI=1S/C25H21BrNOP.C7H6BrNO.BrH/c26-29(22-10-4-1-5-11-22,23-12-6-2-7-13-23,24-14-8-3-9-15-24)20-25(28)21-16-18-27-19-17-21;8-5-7(10)6-1-3-9-4-2-6;/h1-19H,20H2;1-4H,5H2;1H. The molecule has 0 unspecified atom stereocenters. The summed E-state index contributed by atoms with van der Waals surface area (Å²) in [4.78, 5) is 32.4. The number of hydrogen-bond acceptors (Lipinski definition) is 4. The van der Waals surface area contributed by atoms with Crippen LogP contribution < -0.4 is 15.9 Å². The van der Waals surface area contributed by atoms with Crippen LogP contribution in [0.15, 0.2) is 140 Å². The van der Waals surface area contributed by atoms with Gasteiger partial charge in [0.2, 0.25) is 0 Å². The first kappa shape index (κ1) is 31.7. The van der Waals surface area contributed by atoms with Crippen molar-refractivity contribution < 1.29 is 9.59 Å². The van der Waals surface area contributed by atoms with Gasteiger partial charge in [0.1, 0.15) is 0 Å². The molecule has 0 fully saturated rings. The molecule has 40 heavy (non-hydrogen) atoms. The van der Waals surface area contributed by atoms with Gasteiger partial charge in [-0.3, -0.25) is 9.78 Å². The van der Waals surface area contributed by atoms with Gasteiger partial charge < -0.3 is 0 Å². The summed E-state index contributed by atoms with van der Waals surface area (Å²) in [7, 11) is 0. The van der Waals surface area contributed by atoms with Crippen LogP contribution in [0, 0.1) is 0 Å². The van der Waals surface area contributed by atoms with E-state index in [0.29, 0.717) is 22.6 Å². The molecule has 2 heterocycles. The van der Waals surface area contributed by atoms with Crippen LogP contribution in [0.1, 0.15) is 20.7 Å². The van der Waals surface area contributed by atoms with E-state index in [1.165, 1.54) is 0 Å². The third-order valence-corrected chi connectivity index (χ3v) is 16.4. The molecule has 0 bridgehead atoms. The van der Waals surface area contributed by atoms with E-state index in [2.05, 4.69) is 77.8 Å². The Labute approximate surface area is 261 Å². The summed E-state index contributed by atoms with van der Waals surface area (Å²) < 4.78 is 0. The number of rotatable bonds is 8. The predicted molar refractivity (Wildman–Crippen MR) is 180 cm³/mol. The molecular weight excluding hydrogens is 715 g/mol. The molecule has 0 N–H and O–H groups in total. The van der Waals surface area contributed by atoms with Crippen molar-refractivity contribution in [2.75, 3.05) is 11.5 Å². The Balaban J connectivity index is 0.000000340. The minimum atomic E-state index is -3.24. The van der Waals surface area contributed by atoms with E-state index in [1.54, 1.807) is 49.1 Å². The van der Waals surface area contributed by atoms with Crippen LogP contribution in [0.25, 0.3) is 0 Å². The first-order chi connectivity index (χ1) is 19.0. The number of carbonyl (C=O) groups excluding carboxylic acids is 2. The van der Waals surface area contributed by atoms with Crippen LogP contribution in [-0.4, -0.2) is 33.0 Å². The van der Waals surface area contributed by atoms with Crippen LogP contribution in [0.2, 0.25) is 0 Å². The molecule has 4 nitrogen and oxygen atoms in total. The molecule has 3 aromatic carbocycles. The monoisotopic (exact) mass is 740 g/mol. The van der Waals surface area contributed by atoms with E-state index in [9.17, 15) is 9.59 Å². The van der Waals surface area contributed by atoms with E-state index in [1.807, 2.05) is 54.6 Å². The zero-order valence-electron chi connectivity index (χ0n) is 21.5. The van der Waals surface area contributed by atoms with Crippen molar-refractivity contribution in [1.82, 2.24) is 9.97 Å². The quantitative estimate of drug-likeness (QED) is 0.0949. The fraction of sp³-hybridized carbons (Fsp3) is 0.0625. The minimum absolute atomic E-state index is 0. The van der Waals surface area contributed by atoms with Crippen LogP contribution in [0.3, 0.4) is 0 Å². The van der Waals surface area contributed by atoms with Crippen molar-refractivity contribution >= 4 is 81.2 Å². The number of pyridine rings is 2. The molecule has 0 spiro atoms. The van der Waals surface area contributed by atoms with Gasteiger partial charge in [0.15, 0.2) is 5.78 Å². The molecule has 0 aliphatic carbocycles.